The van der Waals surface area contributed by atoms with E-state index < -0.39 is 11.7 Å². The number of hydrogen-bond acceptors (Lipinski definition) is 2. The van der Waals surface area contributed by atoms with Crippen molar-refractivity contribution in [3.8, 4) is 11.8 Å². The SMILES string of the molecule is CNCC#Cc1ccc(N)c(C(F)(F)F)c1. The summed E-state index contributed by atoms with van der Waals surface area (Å²) in [7, 11) is 1.71. The molecule has 0 saturated heterocycles. The zero-order chi connectivity index (χ0) is 12.2. The van der Waals surface area contributed by atoms with Crippen molar-refractivity contribution in [2.45, 2.75) is 6.18 Å². The lowest BCUT2D eigenvalue weighted by atomic mass is 10.1. The first-order valence-electron chi connectivity index (χ1n) is 4.55. The Bertz CT molecular complexity index is 427. The molecule has 3 N–H and O–H groups in total. The molecule has 86 valence electrons. The van der Waals surface area contributed by atoms with Crippen LogP contribution in [0.2, 0.25) is 0 Å². The van der Waals surface area contributed by atoms with Crippen LogP contribution in [-0.2, 0) is 6.18 Å². The summed E-state index contributed by atoms with van der Waals surface area (Å²) in [6.07, 6.45) is -4.44. The monoisotopic (exact) mass is 228 g/mol. The zero-order valence-electron chi connectivity index (χ0n) is 8.65. The van der Waals surface area contributed by atoms with E-state index >= 15 is 0 Å². The van der Waals surface area contributed by atoms with Crippen LogP contribution in [0.15, 0.2) is 18.2 Å². The van der Waals surface area contributed by atoms with Crippen LogP contribution in [0.25, 0.3) is 0 Å². The molecule has 0 aliphatic heterocycles. The van der Waals surface area contributed by atoms with Crippen molar-refractivity contribution in [3.05, 3.63) is 29.3 Å². The van der Waals surface area contributed by atoms with Crippen molar-refractivity contribution in [1.82, 2.24) is 5.32 Å². The number of nitrogens with two attached hydrogens (primary N) is 1. The number of rotatable bonds is 1. The van der Waals surface area contributed by atoms with E-state index in [1.54, 1.807) is 7.05 Å². The molecule has 0 atom stereocenters. The summed E-state index contributed by atoms with van der Waals surface area (Å²) in [5, 5.41) is 2.77. The predicted octanol–water partition coefficient (Wildman–Crippen LogP) is 1.86. The first-order valence-corrected chi connectivity index (χ1v) is 4.55. The standard InChI is InChI=1S/C11H11F3N2/c1-16-6-2-3-8-4-5-10(15)9(7-8)11(12,13)14/h4-5,7,16H,6,15H2,1H3. The maximum absolute atomic E-state index is 12.5. The molecule has 0 fully saturated rings. The fourth-order valence-electron chi connectivity index (χ4n) is 1.11. The quantitative estimate of drug-likeness (QED) is 0.568. The summed E-state index contributed by atoms with van der Waals surface area (Å²) in [4.78, 5) is 0. The molecular formula is C11H11F3N2. The van der Waals surface area contributed by atoms with Gasteiger partial charge in [0.05, 0.1) is 12.1 Å². The molecule has 0 aliphatic carbocycles. The molecule has 0 unspecified atom stereocenters. The summed E-state index contributed by atoms with van der Waals surface area (Å²) in [5.74, 6) is 5.30. The Kier molecular flexibility index (Phi) is 3.80. The lowest BCUT2D eigenvalue weighted by Gasteiger charge is -2.09. The van der Waals surface area contributed by atoms with Crippen LogP contribution in [0.1, 0.15) is 11.1 Å². The number of hydrogen-bond donors (Lipinski definition) is 2. The van der Waals surface area contributed by atoms with E-state index in [2.05, 4.69) is 17.2 Å². The molecule has 1 aromatic carbocycles. The van der Waals surface area contributed by atoms with Crippen LogP contribution in [-0.4, -0.2) is 13.6 Å². The predicted molar refractivity (Wildman–Crippen MR) is 56.7 cm³/mol. The smallest absolute Gasteiger partial charge is 0.398 e. The molecule has 0 aromatic heterocycles. The molecule has 0 bridgehead atoms. The van der Waals surface area contributed by atoms with Gasteiger partial charge in [0.1, 0.15) is 0 Å². The minimum atomic E-state index is -4.44. The van der Waals surface area contributed by atoms with Gasteiger partial charge in [0.25, 0.3) is 0 Å². The molecule has 1 aromatic rings. The van der Waals surface area contributed by atoms with E-state index in [1.165, 1.54) is 12.1 Å². The Balaban J connectivity index is 3.05. The Labute approximate surface area is 91.6 Å². The molecular weight excluding hydrogens is 217 g/mol. The van der Waals surface area contributed by atoms with Crippen molar-refractivity contribution in [3.63, 3.8) is 0 Å². The zero-order valence-corrected chi connectivity index (χ0v) is 8.65. The van der Waals surface area contributed by atoms with Gasteiger partial charge in [-0.1, -0.05) is 11.8 Å². The van der Waals surface area contributed by atoms with Crippen molar-refractivity contribution >= 4 is 5.69 Å². The second-order valence-electron chi connectivity index (χ2n) is 3.13. The van der Waals surface area contributed by atoms with Crippen LogP contribution in [0.5, 0.6) is 0 Å². The van der Waals surface area contributed by atoms with Gasteiger partial charge in [0.2, 0.25) is 0 Å². The van der Waals surface area contributed by atoms with Gasteiger partial charge in [-0.05, 0) is 25.2 Å². The van der Waals surface area contributed by atoms with Gasteiger partial charge in [-0.25, -0.2) is 0 Å². The maximum Gasteiger partial charge on any atom is 0.418 e. The summed E-state index contributed by atoms with van der Waals surface area (Å²) >= 11 is 0. The molecule has 0 spiro atoms. The summed E-state index contributed by atoms with van der Waals surface area (Å²) < 4.78 is 37.4. The summed E-state index contributed by atoms with van der Waals surface area (Å²) in [6, 6.07) is 3.64. The minimum absolute atomic E-state index is 0.285. The van der Waals surface area contributed by atoms with Crippen molar-refractivity contribution in [1.29, 1.82) is 0 Å². The van der Waals surface area contributed by atoms with Crippen LogP contribution in [0, 0.1) is 11.8 Å². The average Bonchev–Trinajstić information content (AvgIpc) is 2.19. The number of benzene rings is 1. The highest BCUT2D eigenvalue weighted by Crippen LogP contribution is 2.33. The largest absolute Gasteiger partial charge is 0.418 e. The van der Waals surface area contributed by atoms with Crippen LogP contribution < -0.4 is 11.1 Å². The number of anilines is 1. The van der Waals surface area contributed by atoms with Crippen LogP contribution in [0.4, 0.5) is 18.9 Å². The van der Waals surface area contributed by atoms with Gasteiger partial charge in [-0.3, -0.25) is 0 Å². The highest BCUT2D eigenvalue weighted by Gasteiger charge is 2.32. The maximum atomic E-state index is 12.5. The fourth-order valence-corrected chi connectivity index (χ4v) is 1.11. The number of nitrogen functional groups attached to an aromatic ring is 1. The van der Waals surface area contributed by atoms with Crippen LogP contribution in [0.3, 0.4) is 0 Å². The molecule has 0 aliphatic rings. The Morgan fingerprint density at radius 2 is 2.06 bits per heavy atom. The lowest BCUT2D eigenvalue weighted by molar-refractivity contribution is -0.136. The number of halogens is 3. The normalized spacial score (nSPS) is 10.8. The van der Waals surface area contributed by atoms with E-state index in [-0.39, 0.29) is 5.69 Å². The molecule has 0 amide bonds. The fraction of sp³-hybridized carbons (Fsp3) is 0.273. The second kappa shape index (κ2) is 4.90. The molecule has 5 heteroatoms. The molecule has 0 heterocycles. The topological polar surface area (TPSA) is 38.0 Å². The van der Waals surface area contributed by atoms with Crippen LogP contribution >= 0.6 is 0 Å². The Hall–Kier alpha value is -1.67. The van der Waals surface area contributed by atoms with E-state index in [4.69, 9.17) is 5.73 Å². The third kappa shape index (κ3) is 3.17. The number of alkyl halides is 3. The Morgan fingerprint density at radius 1 is 1.38 bits per heavy atom. The highest BCUT2D eigenvalue weighted by molar-refractivity contribution is 5.53. The number of nitrogens with one attached hydrogen (secondary N) is 1. The summed E-state index contributed by atoms with van der Waals surface area (Å²) in [6.45, 7) is 0.422. The van der Waals surface area contributed by atoms with Crippen molar-refractivity contribution < 1.29 is 13.2 Å². The van der Waals surface area contributed by atoms with Crippen molar-refractivity contribution in [2.75, 3.05) is 19.3 Å². The summed E-state index contributed by atoms with van der Waals surface area (Å²) in [5.41, 5.74) is 4.42. The first-order chi connectivity index (χ1) is 7.45. The third-order valence-corrected chi connectivity index (χ3v) is 1.86. The van der Waals surface area contributed by atoms with Crippen molar-refractivity contribution in [2.24, 2.45) is 0 Å². The molecule has 0 radical (unpaired) electrons. The Morgan fingerprint density at radius 3 is 2.62 bits per heavy atom. The minimum Gasteiger partial charge on any atom is -0.398 e. The lowest BCUT2D eigenvalue weighted by Crippen LogP contribution is -2.09. The second-order valence-corrected chi connectivity index (χ2v) is 3.13. The highest BCUT2D eigenvalue weighted by atomic mass is 19.4. The van der Waals surface area contributed by atoms with Gasteiger partial charge in [0.15, 0.2) is 0 Å². The van der Waals surface area contributed by atoms with Gasteiger partial charge in [0, 0.05) is 11.3 Å². The average molecular weight is 228 g/mol. The third-order valence-electron chi connectivity index (χ3n) is 1.86. The molecule has 16 heavy (non-hydrogen) atoms. The first kappa shape index (κ1) is 12.4. The van der Waals surface area contributed by atoms with Gasteiger partial charge in [-0.2, -0.15) is 13.2 Å². The van der Waals surface area contributed by atoms with E-state index in [1.807, 2.05) is 0 Å². The van der Waals surface area contributed by atoms with Gasteiger partial charge >= 0.3 is 6.18 Å². The molecule has 0 saturated carbocycles. The van der Waals surface area contributed by atoms with Gasteiger partial charge in [-0.15, -0.1) is 0 Å². The van der Waals surface area contributed by atoms with E-state index in [0.29, 0.717) is 12.1 Å². The van der Waals surface area contributed by atoms with E-state index in [0.717, 1.165) is 6.07 Å². The van der Waals surface area contributed by atoms with Gasteiger partial charge < -0.3 is 11.1 Å². The van der Waals surface area contributed by atoms with E-state index in [9.17, 15) is 13.2 Å². The molecule has 1 rings (SSSR count). The molecule has 2 nitrogen and oxygen atoms in total.